The van der Waals surface area contributed by atoms with Crippen LogP contribution in [0.3, 0.4) is 0 Å². The predicted octanol–water partition coefficient (Wildman–Crippen LogP) is 3.42. The van der Waals surface area contributed by atoms with E-state index in [9.17, 15) is 4.79 Å². The van der Waals surface area contributed by atoms with Crippen LogP contribution in [-0.4, -0.2) is 37.0 Å². The minimum atomic E-state index is -0.0347. The van der Waals surface area contributed by atoms with E-state index < -0.39 is 0 Å². The Morgan fingerprint density at radius 2 is 1.86 bits per heavy atom. The fourth-order valence-corrected chi connectivity index (χ4v) is 3.26. The maximum absolute atomic E-state index is 12.7. The Hall–Kier alpha value is -1.35. The normalized spacial score (nSPS) is 18.6. The molecule has 0 radical (unpaired) electrons. The van der Waals surface area contributed by atoms with Crippen LogP contribution in [0.5, 0.6) is 0 Å². The lowest BCUT2D eigenvalue weighted by Gasteiger charge is -2.27. The molecule has 1 aliphatic rings. The molecule has 0 aromatic heterocycles. The zero-order valence-corrected chi connectivity index (χ0v) is 14.1. The molecule has 122 valence electrons. The third-order valence-electron chi connectivity index (χ3n) is 4.83. The zero-order valence-electron chi connectivity index (χ0n) is 14.1. The van der Waals surface area contributed by atoms with Crippen molar-refractivity contribution < 1.29 is 4.79 Å². The van der Waals surface area contributed by atoms with Crippen LogP contribution in [0, 0.1) is 5.92 Å². The molecule has 1 aliphatic heterocycles. The van der Waals surface area contributed by atoms with Gasteiger partial charge in [-0.05, 0) is 37.4 Å². The Morgan fingerprint density at radius 1 is 1.18 bits per heavy atom. The van der Waals surface area contributed by atoms with Gasteiger partial charge in [0.15, 0.2) is 0 Å². The number of carbonyl (C=O) groups excluding carboxylic acids is 1. The first-order valence-corrected chi connectivity index (χ1v) is 8.77. The largest absolute Gasteiger partial charge is 0.354 e. The lowest BCUT2D eigenvalue weighted by atomic mass is 9.85. The number of piperidine rings is 1. The van der Waals surface area contributed by atoms with E-state index >= 15 is 0 Å². The van der Waals surface area contributed by atoms with E-state index in [1.54, 1.807) is 0 Å². The van der Waals surface area contributed by atoms with Gasteiger partial charge >= 0.3 is 0 Å². The maximum Gasteiger partial charge on any atom is 0.227 e. The quantitative estimate of drug-likeness (QED) is 0.837. The van der Waals surface area contributed by atoms with Crippen LogP contribution in [0.15, 0.2) is 30.3 Å². The van der Waals surface area contributed by atoms with Crippen molar-refractivity contribution in [3.8, 4) is 0 Å². The van der Waals surface area contributed by atoms with Crippen LogP contribution >= 0.6 is 0 Å². The molecule has 2 atom stereocenters. The van der Waals surface area contributed by atoms with E-state index in [4.69, 9.17) is 0 Å². The smallest absolute Gasteiger partial charge is 0.227 e. The first-order valence-electron chi connectivity index (χ1n) is 8.77. The van der Waals surface area contributed by atoms with E-state index in [-0.39, 0.29) is 11.8 Å². The second-order valence-corrected chi connectivity index (χ2v) is 6.47. The van der Waals surface area contributed by atoms with Gasteiger partial charge in [0.1, 0.15) is 0 Å². The molecule has 3 heteroatoms. The third-order valence-corrected chi connectivity index (χ3v) is 4.83. The lowest BCUT2D eigenvalue weighted by molar-refractivity contribution is -0.123. The maximum atomic E-state index is 12.7. The molecule has 0 bridgehead atoms. The molecule has 0 spiro atoms. The summed E-state index contributed by atoms with van der Waals surface area (Å²) in [5.41, 5.74) is 1.13. The standard InChI is InChI=1S/C19H30N2O/c1-3-16(2)18(17-10-6-4-7-11-17)19(22)20-12-15-21-13-8-5-9-14-21/h4,6-7,10-11,16,18H,3,5,8-9,12-15H2,1-2H3,(H,20,22). The summed E-state index contributed by atoms with van der Waals surface area (Å²) >= 11 is 0. The minimum absolute atomic E-state index is 0.0347. The highest BCUT2D eigenvalue weighted by Crippen LogP contribution is 2.27. The van der Waals surface area contributed by atoms with Gasteiger partial charge in [0.2, 0.25) is 5.91 Å². The first kappa shape index (κ1) is 17.0. The average Bonchev–Trinajstić information content (AvgIpc) is 2.57. The van der Waals surface area contributed by atoms with Crippen LogP contribution < -0.4 is 5.32 Å². The summed E-state index contributed by atoms with van der Waals surface area (Å²) in [5, 5.41) is 3.16. The van der Waals surface area contributed by atoms with Gasteiger partial charge in [-0.15, -0.1) is 0 Å². The summed E-state index contributed by atoms with van der Waals surface area (Å²) in [6, 6.07) is 10.2. The lowest BCUT2D eigenvalue weighted by Crippen LogP contribution is -2.40. The zero-order chi connectivity index (χ0) is 15.8. The minimum Gasteiger partial charge on any atom is -0.354 e. The molecule has 1 fully saturated rings. The number of nitrogens with zero attached hydrogens (tertiary/aromatic N) is 1. The summed E-state index contributed by atoms with van der Waals surface area (Å²) in [7, 11) is 0. The molecule has 2 rings (SSSR count). The monoisotopic (exact) mass is 302 g/mol. The van der Waals surface area contributed by atoms with Crippen molar-refractivity contribution in [1.29, 1.82) is 0 Å². The van der Waals surface area contributed by atoms with Gasteiger partial charge in [-0.2, -0.15) is 0 Å². The fraction of sp³-hybridized carbons (Fsp3) is 0.632. The third kappa shape index (κ3) is 4.84. The van der Waals surface area contributed by atoms with Gasteiger partial charge in [-0.25, -0.2) is 0 Å². The average molecular weight is 302 g/mol. The number of hydrogen-bond acceptors (Lipinski definition) is 2. The number of hydrogen-bond donors (Lipinski definition) is 1. The predicted molar refractivity (Wildman–Crippen MR) is 91.9 cm³/mol. The number of rotatable bonds is 7. The SMILES string of the molecule is CCC(C)C(C(=O)NCCN1CCCCC1)c1ccccc1. The highest BCUT2D eigenvalue weighted by atomic mass is 16.1. The highest BCUT2D eigenvalue weighted by Gasteiger charge is 2.25. The Labute approximate surface area is 135 Å². The van der Waals surface area contributed by atoms with Crippen molar-refractivity contribution in [2.24, 2.45) is 5.92 Å². The number of benzene rings is 1. The molecule has 22 heavy (non-hydrogen) atoms. The summed E-state index contributed by atoms with van der Waals surface area (Å²) in [6.07, 6.45) is 4.97. The van der Waals surface area contributed by atoms with E-state index in [2.05, 4.69) is 36.2 Å². The number of amides is 1. The topological polar surface area (TPSA) is 32.3 Å². The second-order valence-electron chi connectivity index (χ2n) is 6.47. The molecule has 1 aromatic rings. The Morgan fingerprint density at radius 3 is 2.50 bits per heavy atom. The van der Waals surface area contributed by atoms with E-state index in [0.29, 0.717) is 5.92 Å². The summed E-state index contributed by atoms with van der Waals surface area (Å²) in [6.45, 7) is 8.43. The molecule has 1 amide bonds. The van der Waals surface area contributed by atoms with Gasteiger partial charge in [-0.3, -0.25) is 4.79 Å². The van der Waals surface area contributed by atoms with E-state index in [0.717, 1.165) is 25.1 Å². The van der Waals surface area contributed by atoms with Gasteiger partial charge < -0.3 is 10.2 Å². The fourth-order valence-electron chi connectivity index (χ4n) is 3.26. The number of likely N-dealkylation sites (tertiary alicyclic amines) is 1. The molecule has 2 unspecified atom stereocenters. The van der Waals surface area contributed by atoms with Crippen molar-refractivity contribution >= 4 is 5.91 Å². The van der Waals surface area contributed by atoms with Gasteiger partial charge in [0, 0.05) is 13.1 Å². The van der Waals surface area contributed by atoms with Crippen LogP contribution in [0.25, 0.3) is 0 Å². The molecule has 0 saturated carbocycles. The van der Waals surface area contributed by atoms with E-state index in [1.165, 1.54) is 32.4 Å². The Balaban J connectivity index is 1.88. The van der Waals surface area contributed by atoms with Crippen LogP contribution in [0.4, 0.5) is 0 Å². The van der Waals surface area contributed by atoms with Crippen molar-refractivity contribution in [2.75, 3.05) is 26.2 Å². The molecule has 1 heterocycles. The van der Waals surface area contributed by atoms with Crippen molar-refractivity contribution in [3.05, 3.63) is 35.9 Å². The van der Waals surface area contributed by atoms with Gasteiger partial charge in [0.05, 0.1) is 5.92 Å². The summed E-state index contributed by atoms with van der Waals surface area (Å²) in [4.78, 5) is 15.1. The Bertz CT molecular complexity index is 440. The highest BCUT2D eigenvalue weighted by molar-refractivity contribution is 5.83. The van der Waals surface area contributed by atoms with Crippen LogP contribution in [-0.2, 0) is 4.79 Å². The number of carbonyl (C=O) groups is 1. The second kappa shape index (κ2) is 8.94. The van der Waals surface area contributed by atoms with Crippen LogP contribution in [0.2, 0.25) is 0 Å². The number of nitrogens with one attached hydrogen (secondary N) is 1. The summed E-state index contributed by atoms with van der Waals surface area (Å²) in [5.74, 6) is 0.502. The van der Waals surface area contributed by atoms with Gasteiger partial charge in [-0.1, -0.05) is 57.0 Å². The molecule has 1 saturated heterocycles. The summed E-state index contributed by atoms with van der Waals surface area (Å²) < 4.78 is 0. The molecular weight excluding hydrogens is 272 g/mol. The molecule has 0 aliphatic carbocycles. The van der Waals surface area contributed by atoms with Gasteiger partial charge in [0.25, 0.3) is 0 Å². The molecular formula is C19H30N2O. The first-order chi connectivity index (χ1) is 10.7. The van der Waals surface area contributed by atoms with Crippen molar-refractivity contribution in [2.45, 2.75) is 45.4 Å². The Kier molecular flexibility index (Phi) is 6.91. The van der Waals surface area contributed by atoms with E-state index in [1.807, 2.05) is 18.2 Å². The van der Waals surface area contributed by atoms with Crippen molar-refractivity contribution in [3.63, 3.8) is 0 Å². The molecule has 1 N–H and O–H groups in total. The molecule has 3 nitrogen and oxygen atoms in total. The van der Waals surface area contributed by atoms with Crippen molar-refractivity contribution in [1.82, 2.24) is 10.2 Å². The molecule has 1 aromatic carbocycles. The van der Waals surface area contributed by atoms with Crippen LogP contribution in [0.1, 0.15) is 51.0 Å².